The first-order valence-corrected chi connectivity index (χ1v) is 6.83. The van der Waals surface area contributed by atoms with Gasteiger partial charge in [0.05, 0.1) is 27.9 Å². The molecule has 1 atom stereocenters. The van der Waals surface area contributed by atoms with E-state index in [-0.39, 0.29) is 11.9 Å². The van der Waals surface area contributed by atoms with Gasteiger partial charge in [-0.15, -0.1) is 0 Å². The van der Waals surface area contributed by atoms with Crippen molar-refractivity contribution in [1.29, 1.82) is 0 Å². The fraction of sp³-hybridized carbons (Fsp3) is 0.438. The Bertz CT molecular complexity index is 502. The molecule has 0 saturated carbocycles. The molecule has 1 aromatic rings. The van der Waals surface area contributed by atoms with E-state index in [1.54, 1.807) is 46.6 Å². The van der Waals surface area contributed by atoms with Crippen LogP contribution in [0.5, 0.6) is 17.2 Å². The van der Waals surface area contributed by atoms with Crippen molar-refractivity contribution >= 4 is 12.0 Å². The minimum absolute atomic E-state index is 0.0536. The molecule has 0 aliphatic heterocycles. The van der Waals surface area contributed by atoms with Crippen molar-refractivity contribution in [2.24, 2.45) is 0 Å². The second kappa shape index (κ2) is 8.94. The average Bonchev–Trinajstić information content (AvgIpc) is 2.51. The maximum atomic E-state index is 11.8. The molecule has 0 aromatic heterocycles. The SMILES string of the molecule is COC[C@@H](C)NC(=O)/C=C/c1cc(OC)c(OC)c(OC)c1. The normalized spacial score (nSPS) is 12.0. The second-order valence-electron chi connectivity index (χ2n) is 4.66. The van der Waals surface area contributed by atoms with Gasteiger partial charge in [0, 0.05) is 19.2 Å². The number of carbonyl (C=O) groups excluding carboxylic acids is 1. The Morgan fingerprint density at radius 3 is 2.18 bits per heavy atom. The van der Waals surface area contributed by atoms with Crippen LogP contribution in [0.15, 0.2) is 18.2 Å². The molecule has 6 heteroatoms. The van der Waals surface area contributed by atoms with Crippen LogP contribution in [0.4, 0.5) is 0 Å². The van der Waals surface area contributed by atoms with Crippen LogP contribution < -0.4 is 19.5 Å². The summed E-state index contributed by atoms with van der Waals surface area (Å²) in [5.41, 5.74) is 0.768. The summed E-state index contributed by atoms with van der Waals surface area (Å²) in [6, 6.07) is 3.48. The summed E-state index contributed by atoms with van der Waals surface area (Å²) in [6.45, 7) is 2.33. The average molecular weight is 309 g/mol. The van der Waals surface area contributed by atoms with Gasteiger partial charge in [-0.2, -0.15) is 0 Å². The monoisotopic (exact) mass is 309 g/mol. The summed E-state index contributed by atoms with van der Waals surface area (Å²) in [7, 11) is 6.22. The summed E-state index contributed by atoms with van der Waals surface area (Å²) in [4.78, 5) is 11.8. The second-order valence-corrected chi connectivity index (χ2v) is 4.66. The summed E-state index contributed by atoms with van der Waals surface area (Å²) in [5, 5.41) is 2.79. The van der Waals surface area contributed by atoms with Gasteiger partial charge in [-0.25, -0.2) is 0 Å². The van der Waals surface area contributed by atoms with Gasteiger partial charge in [0.2, 0.25) is 11.7 Å². The molecule has 0 saturated heterocycles. The van der Waals surface area contributed by atoms with Crippen LogP contribution in [-0.4, -0.2) is 47.0 Å². The van der Waals surface area contributed by atoms with Crippen LogP contribution in [0, 0.1) is 0 Å². The molecule has 0 aliphatic carbocycles. The van der Waals surface area contributed by atoms with E-state index in [4.69, 9.17) is 18.9 Å². The Labute approximate surface area is 131 Å². The maximum Gasteiger partial charge on any atom is 0.244 e. The van der Waals surface area contributed by atoms with Crippen molar-refractivity contribution in [3.05, 3.63) is 23.8 Å². The summed E-state index contributed by atoms with van der Waals surface area (Å²) in [5.74, 6) is 1.39. The molecule has 0 fully saturated rings. The molecule has 1 aromatic carbocycles. The molecule has 1 amide bonds. The Morgan fingerprint density at radius 2 is 1.73 bits per heavy atom. The quantitative estimate of drug-likeness (QED) is 0.743. The number of amides is 1. The number of methoxy groups -OCH3 is 4. The lowest BCUT2D eigenvalue weighted by Gasteiger charge is -2.13. The van der Waals surface area contributed by atoms with Crippen LogP contribution in [0.25, 0.3) is 6.08 Å². The van der Waals surface area contributed by atoms with E-state index >= 15 is 0 Å². The highest BCUT2D eigenvalue weighted by atomic mass is 16.5. The van der Waals surface area contributed by atoms with E-state index in [0.717, 1.165) is 5.56 Å². The maximum absolute atomic E-state index is 11.8. The molecule has 0 unspecified atom stereocenters. The number of benzene rings is 1. The van der Waals surface area contributed by atoms with Crippen LogP contribution in [-0.2, 0) is 9.53 Å². The highest BCUT2D eigenvalue weighted by molar-refractivity contribution is 5.92. The van der Waals surface area contributed by atoms with E-state index in [1.807, 2.05) is 6.92 Å². The minimum Gasteiger partial charge on any atom is -0.493 e. The van der Waals surface area contributed by atoms with Crippen LogP contribution >= 0.6 is 0 Å². The molecule has 0 radical (unpaired) electrons. The van der Waals surface area contributed by atoms with Gasteiger partial charge in [0.1, 0.15) is 0 Å². The van der Waals surface area contributed by atoms with Crippen molar-refractivity contribution in [2.45, 2.75) is 13.0 Å². The lowest BCUT2D eigenvalue weighted by molar-refractivity contribution is -0.117. The van der Waals surface area contributed by atoms with E-state index in [2.05, 4.69) is 5.32 Å². The predicted molar refractivity (Wildman–Crippen MR) is 84.6 cm³/mol. The summed E-state index contributed by atoms with van der Waals surface area (Å²) < 4.78 is 20.8. The predicted octanol–water partition coefficient (Wildman–Crippen LogP) is 1.88. The molecule has 1 rings (SSSR count). The van der Waals surface area contributed by atoms with Gasteiger partial charge in [-0.05, 0) is 30.7 Å². The zero-order chi connectivity index (χ0) is 16.5. The van der Waals surface area contributed by atoms with Gasteiger partial charge in [-0.3, -0.25) is 4.79 Å². The third kappa shape index (κ3) is 4.96. The van der Waals surface area contributed by atoms with Gasteiger partial charge >= 0.3 is 0 Å². The molecule has 0 heterocycles. The Kier molecular flexibility index (Phi) is 7.25. The number of hydrogen-bond donors (Lipinski definition) is 1. The lowest BCUT2D eigenvalue weighted by atomic mass is 10.1. The van der Waals surface area contributed by atoms with Gasteiger partial charge in [0.25, 0.3) is 0 Å². The first-order valence-electron chi connectivity index (χ1n) is 6.83. The zero-order valence-electron chi connectivity index (χ0n) is 13.6. The zero-order valence-corrected chi connectivity index (χ0v) is 13.6. The van der Waals surface area contributed by atoms with Crippen molar-refractivity contribution < 1.29 is 23.7 Å². The van der Waals surface area contributed by atoms with E-state index in [1.165, 1.54) is 6.08 Å². The van der Waals surface area contributed by atoms with E-state index in [9.17, 15) is 4.79 Å². The van der Waals surface area contributed by atoms with Crippen LogP contribution in [0.1, 0.15) is 12.5 Å². The Hall–Kier alpha value is -2.21. The molecule has 0 spiro atoms. The molecular formula is C16H23NO5. The Balaban J connectivity index is 2.89. The molecule has 1 N–H and O–H groups in total. The smallest absolute Gasteiger partial charge is 0.244 e. The molecular weight excluding hydrogens is 286 g/mol. The highest BCUT2D eigenvalue weighted by Gasteiger charge is 2.12. The molecule has 6 nitrogen and oxygen atoms in total. The van der Waals surface area contributed by atoms with Crippen LogP contribution in [0.2, 0.25) is 0 Å². The molecule has 0 bridgehead atoms. The van der Waals surface area contributed by atoms with Crippen molar-refractivity contribution in [3.63, 3.8) is 0 Å². The minimum atomic E-state index is -0.196. The molecule has 0 aliphatic rings. The van der Waals surface area contributed by atoms with E-state index in [0.29, 0.717) is 23.9 Å². The third-order valence-corrected chi connectivity index (χ3v) is 2.92. The first-order chi connectivity index (χ1) is 10.5. The molecule has 22 heavy (non-hydrogen) atoms. The van der Waals surface area contributed by atoms with Gasteiger partial charge < -0.3 is 24.3 Å². The first kappa shape index (κ1) is 17.8. The number of ether oxygens (including phenoxy) is 4. The Morgan fingerprint density at radius 1 is 1.14 bits per heavy atom. The summed E-state index contributed by atoms with van der Waals surface area (Å²) >= 11 is 0. The molecule has 122 valence electrons. The number of nitrogens with one attached hydrogen (secondary N) is 1. The number of rotatable bonds is 8. The van der Waals surface area contributed by atoms with E-state index < -0.39 is 0 Å². The number of carbonyl (C=O) groups is 1. The standard InChI is InChI=1S/C16H23NO5/c1-11(10-19-2)17-15(18)7-6-12-8-13(20-3)16(22-5)14(9-12)21-4/h6-9,11H,10H2,1-5H3,(H,17,18)/b7-6+/t11-/m1/s1. The fourth-order valence-corrected chi connectivity index (χ4v) is 1.95. The summed E-state index contributed by atoms with van der Waals surface area (Å²) in [6.07, 6.45) is 3.13. The van der Waals surface area contributed by atoms with Crippen molar-refractivity contribution in [3.8, 4) is 17.2 Å². The fourth-order valence-electron chi connectivity index (χ4n) is 1.95. The van der Waals surface area contributed by atoms with Gasteiger partial charge in [-0.1, -0.05) is 0 Å². The van der Waals surface area contributed by atoms with Gasteiger partial charge in [0.15, 0.2) is 11.5 Å². The largest absolute Gasteiger partial charge is 0.493 e. The topological polar surface area (TPSA) is 66.0 Å². The highest BCUT2D eigenvalue weighted by Crippen LogP contribution is 2.38. The lowest BCUT2D eigenvalue weighted by Crippen LogP contribution is -2.34. The number of hydrogen-bond acceptors (Lipinski definition) is 5. The third-order valence-electron chi connectivity index (χ3n) is 2.92. The van der Waals surface area contributed by atoms with Crippen molar-refractivity contribution in [2.75, 3.05) is 35.0 Å². The van der Waals surface area contributed by atoms with Crippen LogP contribution in [0.3, 0.4) is 0 Å². The van der Waals surface area contributed by atoms with Crippen molar-refractivity contribution in [1.82, 2.24) is 5.32 Å².